The number of unbranched alkanes of at least 4 members (excludes halogenated alkanes) is 1. The Morgan fingerprint density at radius 1 is 0.840 bits per heavy atom. The van der Waals surface area contributed by atoms with Gasteiger partial charge in [0.25, 0.3) is 0 Å². The summed E-state index contributed by atoms with van der Waals surface area (Å²) in [4.78, 5) is 28.1. The van der Waals surface area contributed by atoms with Crippen LogP contribution in [0.3, 0.4) is 0 Å². The molecule has 0 saturated carbocycles. The molecule has 2 unspecified atom stereocenters. The number of rotatable bonds is 7. The van der Waals surface area contributed by atoms with Gasteiger partial charge in [0.15, 0.2) is 0 Å². The molecule has 0 aliphatic carbocycles. The van der Waals surface area contributed by atoms with Crippen molar-refractivity contribution in [2.24, 2.45) is 0 Å². The first-order valence-corrected chi connectivity index (χ1v) is 9.29. The number of hydrogen-bond acceptors (Lipinski definition) is 6. The summed E-state index contributed by atoms with van der Waals surface area (Å²) in [5.41, 5.74) is 0. The van der Waals surface area contributed by atoms with Crippen LogP contribution in [0.5, 0.6) is 0 Å². The first-order valence-electron chi connectivity index (χ1n) is 9.29. The molecule has 2 atom stereocenters. The molecule has 7 heteroatoms. The zero-order valence-electron chi connectivity index (χ0n) is 15.5. The van der Waals surface area contributed by atoms with Gasteiger partial charge in [0.05, 0.1) is 0 Å². The van der Waals surface area contributed by atoms with E-state index in [0.29, 0.717) is 25.7 Å². The maximum absolute atomic E-state index is 11.9. The number of esters is 2. The molecule has 2 aliphatic rings. The number of halogens is 1. The quantitative estimate of drug-likeness (QED) is 0.412. The highest BCUT2D eigenvalue weighted by molar-refractivity contribution is 5.70. The number of likely N-dealkylation sites (N-methyl/N-ethyl adjacent to an activating group) is 2. The van der Waals surface area contributed by atoms with Gasteiger partial charge in [-0.2, -0.15) is 0 Å². The van der Waals surface area contributed by atoms with Gasteiger partial charge in [0, 0.05) is 25.9 Å². The minimum absolute atomic E-state index is 0. The number of carbonyl (C=O) groups excluding carboxylic acids is 2. The van der Waals surface area contributed by atoms with Gasteiger partial charge in [-0.3, -0.25) is 9.59 Å². The molecule has 2 rings (SSSR count). The van der Waals surface area contributed by atoms with Crippen molar-refractivity contribution in [2.45, 2.75) is 63.6 Å². The molecule has 2 aliphatic heterocycles. The second kappa shape index (κ2) is 11.7. The Kier molecular flexibility index (Phi) is 10.4. The molecule has 6 nitrogen and oxygen atoms in total. The highest BCUT2D eigenvalue weighted by Crippen LogP contribution is 2.15. The number of piperidine rings is 2. The van der Waals surface area contributed by atoms with E-state index in [1.54, 1.807) is 0 Å². The smallest absolute Gasteiger partial charge is 0.306 e. The van der Waals surface area contributed by atoms with E-state index in [1.165, 1.54) is 0 Å². The molecule has 0 spiro atoms. The van der Waals surface area contributed by atoms with Crippen LogP contribution in [0.15, 0.2) is 0 Å². The molecule has 2 saturated heterocycles. The highest BCUT2D eigenvalue weighted by atomic mass is 35.5. The van der Waals surface area contributed by atoms with E-state index in [1.807, 2.05) is 0 Å². The third-order valence-corrected chi connectivity index (χ3v) is 4.77. The monoisotopic (exact) mass is 375 g/mol. The molecule has 146 valence electrons. The van der Waals surface area contributed by atoms with Crippen LogP contribution in [0.2, 0.25) is 0 Å². The lowest BCUT2D eigenvalue weighted by Crippen LogP contribution is -3.00. The van der Waals surface area contributed by atoms with Crippen LogP contribution in [0, 0.1) is 0 Å². The first kappa shape index (κ1) is 22.2. The van der Waals surface area contributed by atoms with Crippen LogP contribution < -0.4 is 12.4 Å². The largest absolute Gasteiger partial charge is 1.00 e. The molecule has 2 fully saturated rings. The Morgan fingerprint density at radius 2 is 1.24 bits per heavy atom. The SMILES string of the molecule is CN1CCCC(OC(=O)CCCCC(=O)OC2CCCN(C)C2)C1.[Cl-]. The molecule has 2 heterocycles. The lowest BCUT2D eigenvalue weighted by atomic mass is 10.1. The van der Waals surface area contributed by atoms with E-state index < -0.39 is 0 Å². The van der Waals surface area contributed by atoms with E-state index in [2.05, 4.69) is 23.9 Å². The summed E-state index contributed by atoms with van der Waals surface area (Å²) in [5.74, 6) is -0.282. The number of likely N-dealkylation sites (tertiary alicyclic amines) is 2. The van der Waals surface area contributed by atoms with E-state index in [4.69, 9.17) is 9.47 Å². The summed E-state index contributed by atoms with van der Waals surface area (Å²) in [6.45, 7) is 3.81. The Bertz CT molecular complexity index is 384. The van der Waals surface area contributed by atoms with Crippen molar-refractivity contribution in [3.63, 3.8) is 0 Å². The van der Waals surface area contributed by atoms with E-state index in [-0.39, 0.29) is 36.6 Å². The first-order chi connectivity index (χ1) is 11.5. The molecule has 0 aromatic rings. The van der Waals surface area contributed by atoms with Crippen LogP contribution in [0.25, 0.3) is 0 Å². The molecule has 25 heavy (non-hydrogen) atoms. The van der Waals surface area contributed by atoms with Crippen LogP contribution >= 0.6 is 0 Å². The van der Waals surface area contributed by atoms with Gasteiger partial charge in [-0.25, -0.2) is 0 Å². The van der Waals surface area contributed by atoms with Crippen LogP contribution in [0.1, 0.15) is 51.4 Å². The Labute approximate surface area is 157 Å². The zero-order valence-corrected chi connectivity index (χ0v) is 16.3. The van der Waals surface area contributed by atoms with Crippen molar-refractivity contribution in [1.29, 1.82) is 0 Å². The second-order valence-electron chi connectivity index (χ2n) is 7.24. The van der Waals surface area contributed by atoms with Crippen molar-refractivity contribution in [3.8, 4) is 0 Å². The topological polar surface area (TPSA) is 59.1 Å². The number of carbonyl (C=O) groups is 2. The normalized spacial score (nSPS) is 25.0. The second-order valence-corrected chi connectivity index (χ2v) is 7.24. The third kappa shape index (κ3) is 8.88. The molecular formula is C18H32ClN2O4-. The van der Waals surface area contributed by atoms with Crippen LogP contribution in [-0.2, 0) is 19.1 Å². The fourth-order valence-electron chi connectivity index (χ4n) is 3.46. The zero-order chi connectivity index (χ0) is 17.4. The summed E-state index contributed by atoms with van der Waals surface area (Å²) in [6, 6.07) is 0. The highest BCUT2D eigenvalue weighted by Gasteiger charge is 2.22. The Morgan fingerprint density at radius 3 is 1.60 bits per heavy atom. The Hall–Kier alpha value is -0.850. The molecule has 0 aromatic heterocycles. The van der Waals surface area contributed by atoms with Gasteiger partial charge in [-0.15, -0.1) is 0 Å². The van der Waals surface area contributed by atoms with Crippen molar-refractivity contribution in [2.75, 3.05) is 40.3 Å². The predicted octanol–water partition coefficient (Wildman–Crippen LogP) is -1.17. The average Bonchev–Trinajstić information content (AvgIpc) is 2.51. The fraction of sp³-hybridized carbons (Fsp3) is 0.889. The molecule has 0 bridgehead atoms. The minimum Gasteiger partial charge on any atom is -1.00 e. The predicted molar refractivity (Wildman–Crippen MR) is 91.7 cm³/mol. The van der Waals surface area contributed by atoms with Crippen molar-refractivity contribution in [3.05, 3.63) is 0 Å². The summed E-state index contributed by atoms with van der Waals surface area (Å²) in [6.07, 6.45) is 6.28. The number of hydrogen-bond donors (Lipinski definition) is 0. The van der Waals surface area contributed by atoms with Crippen LogP contribution in [-0.4, -0.2) is 74.2 Å². The van der Waals surface area contributed by atoms with Crippen LogP contribution in [0.4, 0.5) is 0 Å². The minimum atomic E-state index is -0.141. The summed E-state index contributed by atoms with van der Waals surface area (Å²) >= 11 is 0. The van der Waals surface area contributed by atoms with Gasteiger partial charge in [0.1, 0.15) is 12.2 Å². The number of nitrogens with zero attached hydrogens (tertiary/aromatic N) is 2. The van der Waals surface area contributed by atoms with E-state index in [0.717, 1.165) is 51.9 Å². The molecule has 0 N–H and O–H groups in total. The molecular weight excluding hydrogens is 344 g/mol. The third-order valence-electron chi connectivity index (χ3n) is 4.77. The van der Waals surface area contributed by atoms with Gasteiger partial charge in [-0.1, -0.05) is 0 Å². The summed E-state index contributed by atoms with van der Waals surface area (Å²) < 4.78 is 11.0. The maximum Gasteiger partial charge on any atom is 0.306 e. The summed E-state index contributed by atoms with van der Waals surface area (Å²) in [5, 5.41) is 0. The van der Waals surface area contributed by atoms with Gasteiger partial charge in [0.2, 0.25) is 0 Å². The Balaban J connectivity index is 0.00000312. The molecule has 0 radical (unpaired) electrons. The summed E-state index contributed by atoms with van der Waals surface area (Å²) in [7, 11) is 4.10. The van der Waals surface area contributed by atoms with E-state index >= 15 is 0 Å². The average molecular weight is 376 g/mol. The van der Waals surface area contributed by atoms with Gasteiger partial charge < -0.3 is 31.7 Å². The van der Waals surface area contributed by atoms with Crippen molar-refractivity contribution in [1.82, 2.24) is 9.80 Å². The van der Waals surface area contributed by atoms with Gasteiger partial charge in [-0.05, 0) is 65.7 Å². The van der Waals surface area contributed by atoms with Crippen molar-refractivity contribution >= 4 is 11.9 Å². The molecule has 0 aromatic carbocycles. The lowest BCUT2D eigenvalue weighted by Gasteiger charge is -2.29. The standard InChI is InChI=1S/C18H32N2O4.ClH/c1-19-11-5-7-15(13-19)23-17(21)9-3-4-10-18(22)24-16-8-6-12-20(2)14-16;/h15-16H,3-14H2,1-2H3;1H/p-1. The number of ether oxygens (including phenoxy) is 2. The van der Waals surface area contributed by atoms with E-state index in [9.17, 15) is 9.59 Å². The molecule has 0 amide bonds. The fourth-order valence-corrected chi connectivity index (χ4v) is 3.46. The maximum atomic E-state index is 11.9. The lowest BCUT2D eigenvalue weighted by molar-refractivity contribution is -0.153. The van der Waals surface area contributed by atoms with Gasteiger partial charge >= 0.3 is 11.9 Å². The van der Waals surface area contributed by atoms with Crippen molar-refractivity contribution < 1.29 is 31.5 Å².